The molecule has 0 aliphatic carbocycles. The molecule has 0 fully saturated rings. The van der Waals surface area contributed by atoms with Gasteiger partial charge in [-0.3, -0.25) is 15.1 Å². The molecular formula is C24H20N6. The topological polar surface area (TPSA) is 82.3 Å². The summed E-state index contributed by atoms with van der Waals surface area (Å²) in [5.41, 5.74) is 8.55. The van der Waals surface area contributed by atoms with Crippen molar-refractivity contribution in [2.24, 2.45) is 0 Å². The van der Waals surface area contributed by atoms with E-state index in [4.69, 9.17) is 0 Å². The fraction of sp³-hybridized carbons (Fsp3) is 0.125. The van der Waals surface area contributed by atoms with Crippen LogP contribution in [0.3, 0.4) is 0 Å². The molecule has 0 atom stereocenters. The summed E-state index contributed by atoms with van der Waals surface area (Å²) in [6, 6.07) is 14.6. The maximum atomic E-state index is 4.63. The van der Waals surface area contributed by atoms with Crippen LogP contribution in [0.1, 0.15) is 12.0 Å². The Labute approximate surface area is 173 Å². The first kappa shape index (κ1) is 17.1. The number of rotatable bonds is 3. The van der Waals surface area contributed by atoms with Gasteiger partial charge in [-0.05, 0) is 60.5 Å². The maximum absolute atomic E-state index is 4.63. The van der Waals surface area contributed by atoms with E-state index in [9.17, 15) is 0 Å². The molecule has 0 amide bonds. The number of aromatic amines is 2. The number of hydrogen-bond acceptors (Lipinski definition) is 4. The number of benzene rings is 1. The van der Waals surface area contributed by atoms with Gasteiger partial charge in [0.2, 0.25) is 0 Å². The molecule has 1 aromatic carbocycles. The van der Waals surface area contributed by atoms with E-state index in [2.05, 4.69) is 60.8 Å². The van der Waals surface area contributed by atoms with E-state index in [1.165, 1.54) is 11.1 Å². The Morgan fingerprint density at radius 3 is 2.70 bits per heavy atom. The molecule has 0 unspecified atom stereocenters. The Morgan fingerprint density at radius 2 is 1.83 bits per heavy atom. The molecule has 3 N–H and O–H groups in total. The van der Waals surface area contributed by atoms with Crippen LogP contribution >= 0.6 is 0 Å². The fourth-order valence-corrected chi connectivity index (χ4v) is 4.22. The van der Waals surface area contributed by atoms with Gasteiger partial charge >= 0.3 is 0 Å². The van der Waals surface area contributed by atoms with Crippen molar-refractivity contribution in [1.82, 2.24) is 30.5 Å². The van der Waals surface area contributed by atoms with E-state index in [0.717, 1.165) is 64.0 Å². The summed E-state index contributed by atoms with van der Waals surface area (Å²) in [7, 11) is 0. The monoisotopic (exact) mass is 392 g/mol. The van der Waals surface area contributed by atoms with Gasteiger partial charge in [0.15, 0.2) is 0 Å². The molecule has 1 aliphatic heterocycles. The van der Waals surface area contributed by atoms with Crippen molar-refractivity contribution in [2.75, 3.05) is 13.1 Å². The van der Waals surface area contributed by atoms with Gasteiger partial charge < -0.3 is 10.3 Å². The summed E-state index contributed by atoms with van der Waals surface area (Å²) in [6.45, 7) is 1.95. The summed E-state index contributed by atoms with van der Waals surface area (Å²) < 4.78 is 0. The number of nitrogens with one attached hydrogen (secondary N) is 3. The average molecular weight is 392 g/mol. The second kappa shape index (κ2) is 6.93. The third kappa shape index (κ3) is 2.81. The number of hydrogen-bond donors (Lipinski definition) is 3. The van der Waals surface area contributed by atoms with Crippen molar-refractivity contribution < 1.29 is 0 Å². The molecule has 5 aromatic rings. The van der Waals surface area contributed by atoms with E-state index in [1.807, 2.05) is 30.6 Å². The van der Waals surface area contributed by atoms with Crippen molar-refractivity contribution in [3.63, 3.8) is 0 Å². The van der Waals surface area contributed by atoms with Crippen LogP contribution in [0, 0.1) is 0 Å². The van der Waals surface area contributed by atoms with Gasteiger partial charge in [0.1, 0.15) is 5.69 Å². The van der Waals surface area contributed by atoms with Gasteiger partial charge in [-0.1, -0.05) is 12.1 Å². The Hall–Kier alpha value is -3.77. The zero-order chi connectivity index (χ0) is 19.9. The molecule has 30 heavy (non-hydrogen) atoms. The molecule has 1 aliphatic rings. The average Bonchev–Trinajstić information content (AvgIpc) is 3.43. The first-order valence-electron chi connectivity index (χ1n) is 10.1. The van der Waals surface area contributed by atoms with E-state index in [0.29, 0.717) is 0 Å². The molecule has 5 heterocycles. The molecule has 0 bridgehead atoms. The first-order chi connectivity index (χ1) is 14.9. The quantitative estimate of drug-likeness (QED) is 0.421. The van der Waals surface area contributed by atoms with E-state index in [1.54, 1.807) is 6.20 Å². The lowest BCUT2D eigenvalue weighted by atomic mass is 9.98. The maximum Gasteiger partial charge on any atom is 0.116 e. The highest BCUT2D eigenvalue weighted by molar-refractivity contribution is 6.00. The van der Waals surface area contributed by atoms with Crippen LogP contribution in [0.25, 0.3) is 50.0 Å². The van der Waals surface area contributed by atoms with Crippen molar-refractivity contribution in [3.05, 3.63) is 72.7 Å². The fourth-order valence-electron chi connectivity index (χ4n) is 4.22. The highest BCUT2D eigenvalue weighted by Crippen LogP contribution is 2.34. The van der Waals surface area contributed by atoms with Gasteiger partial charge in [-0.25, -0.2) is 0 Å². The number of H-pyrrole nitrogens is 2. The molecule has 6 rings (SSSR count). The number of fused-ring (bicyclic) bond motifs is 2. The van der Waals surface area contributed by atoms with Crippen LogP contribution in [-0.2, 0) is 0 Å². The Kier molecular flexibility index (Phi) is 3.95. The predicted octanol–water partition coefficient (Wildman–Crippen LogP) is 4.54. The predicted molar refractivity (Wildman–Crippen MR) is 120 cm³/mol. The second-order valence-electron chi connectivity index (χ2n) is 7.56. The zero-order valence-corrected chi connectivity index (χ0v) is 16.3. The first-order valence-corrected chi connectivity index (χ1v) is 10.1. The van der Waals surface area contributed by atoms with Crippen molar-refractivity contribution >= 4 is 27.4 Å². The van der Waals surface area contributed by atoms with Gasteiger partial charge in [0.25, 0.3) is 0 Å². The molecule has 0 saturated heterocycles. The van der Waals surface area contributed by atoms with Crippen LogP contribution in [0.4, 0.5) is 0 Å². The van der Waals surface area contributed by atoms with E-state index < -0.39 is 0 Å². The van der Waals surface area contributed by atoms with Crippen LogP contribution < -0.4 is 5.32 Å². The lowest BCUT2D eigenvalue weighted by Crippen LogP contribution is -2.19. The third-order valence-electron chi connectivity index (χ3n) is 5.74. The van der Waals surface area contributed by atoms with E-state index >= 15 is 0 Å². The Morgan fingerprint density at radius 1 is 0.867 bits per heavy atom. The summed E-state index contributed by atoms with van der Waals surface area (Å²) in [5, 5.41) is 13.4. The van der Waals surface area contributed by atoms with Gasteiger partial charge in [-0.15, -0.1) is 0 Å². The SMILES string of the molecule is C1=C(c2ccc3[nH]nc(-c4cc5c(-c6cccnc6)nccc5[nH]4)c3c2)CCNC1. The summed E-state index contributed by atoms with van der Waals surface area (Å²) in [5.74, 6) is 0. The van der Waals surface area contributed by atoms with E-state index in [-0.39, 0.29) is 0 Å². The smallest absolute Gasteiger partial charge is 0.116 e. The van der Waals surface area contributed by atoms with Crippen LogP contribution in [0.15, 0.2) is 67.1 Å². The molecule has 4 aromatic heterocycles. The number of nitrogens with zero attached hydrogens (tertiary/aromatic N) is 3. The third-order valence-corrected chi connectivity index (χ3v) is 5.74. The highest BCUT2D eigenvalue weighted by Gasteiger charge is 2.15. The van der Waals surface area contributed by atoms with Crippen LogP contribution in [0.5, 0.6) is 0 Å². The molecule has 0 spiro atoms. The largest absolute Gasteiger partial charge is 0.353 e. The van der Waals surface area contributed by atoms with Gasteiger partial charge in [0, 0.05) is 47.0 Å². The molecule has 146 valence electrons. The van der Waals surface area contributed by atoms with Gasteiger partial charge in [0.05, 0.1) is 16.9 Å². The number of pyridine rings is 2. The minimum absolute atomic E-state index is 0.920. The molecular weight excluding hydrogens is 372 g/mol. The summed E-state index contributed by atoms with van der Waals surface area (Å²) >= 11 is 0. The van der Waals surface area contributed by atoms with Gasteiger partial charge in [-0.2, -0.15) is 5.10 Å². The minimum Gasteiger partial charge on any atom is -0.353 e. The highest BCUT2D eigenvalue weighted by atomic mass is 15.1. The molecule has 0 saturated carbocycles. The van der Waals surface area contributed by atoms with Crippen molar-refractivity contribution in [3.8, 4) is 22.6 Å². The lowest BCUT2D eigenvalue weighted by Gasteiger charge is -2.14. The van der Waals surface area contributed by atoms with Crippen molar-refractivity contribution in [2.45, 2.75) is 6.42 Å². The summed E-state index contributed by atoms with van der Waals surface area (Å²) in [6.07, 6.45) is 8.77. The molecule has 6 nitrogen and oxygen atoms in total. The second-order valence-corrected chi connectivity index (χ2v) is 7.56. The zero-order valence-electron chi connectivity index (χ0n) is 16.3. The van der Waals surface area contributed by atoms with Crippen LogP contribution in [-0.4, -0.2) is 38.2 Å². The van der Waals surface area contributed by atoms with Crippen LogP contribution in [0.2, 0.25) is 0 Å². The summed E-state index contributed by atoms with van der Waals surface area (Å²) in [4.78, 5) is 12.4. The Bertz CT molecular complexity index is 1390. The molecule has 0 radical (unpaired) electrons. The normalized spacial score (nSPS) is 14.3. The minimum atomic E-state index is 0.920. The van der Waals surface area contributed by atoms with Crippen molar-refractivity contribution in [1.29, 1.82) is 0 Å². The number of aromatic nitrogens is 5. The Balaban J connectivity index is 1.50. The molecule has 6 heteroatoms. The lowest BCUT2D eigenvalue weighted by molar-refractivity contribution is 0.739. The standard InChI is InChI=1S/C24H20N6/c1-2-17(14-26-8-1)23-19-13-22(28-20(19)7-11-27-23)24-18-12-16(3-4-21(18)29-30-24)15-5-9-25-10-6-15/h1-5,7-8,11-14,25,28H,6,9-10H2,(H,29,30).